The molecule has 0 aliphatic rings. The Labute approximate surface area is 124 Å². The number of carbonyl (C=O) groups excluding carboxylic acids is 1. The minimum absolute atomic E-state index is 0.526. The third kappa shape index (κ3) is 3.68. The first-order chi connectivity index (χ1) is 10.1. The summed E-state index contributed by atoms with van der Waals surface area (Å²) >= 11 is 0. The molecule has 0 fully saturated rings. The molecule has 21 heavy (non-hydrogen) atoms. The fourth-order valence-corrected chi connectivity index (χ4v) is 2.09. The van der Waals surface area contributed by atoms with Crippen molar-refractivity contribution < 1.29 is 15.0 Å². The summed E-state index contributed by atoms with van der Waals surface area (Å²) in [4.78, 5) is 12.2. The largest absolute Gasteiger partial charge is 0.386 e. The van der Waals surface area contributed by atoms with Crippen LogP contribution in [0.25, 0.3) is 6.08 Å². The highest BCUT2D eigenvalue weighted by Crippen LogP contribution is 2.09. The third-order valence-corrected chi connectivity index (χ3v) is 3.29. The molecule has 0 aliphatic heterocycles. The average Bonchev–Trinajstić information content (AvgIpc) is 3.00. The van der Waals surface area contributed by atoms with Crippen LogP contribution in [0.4, 0.5) is 0 Å². The van der Waals surface area contributed by atoms with Gasteiger partial charge in [0.05, 0.1) is 0 Å². The smallest absolute Gasteiger partial charge is 0.262 e. The Morgan fingerprint density at radius 3 is 2.57 bits per heavy atom. The molecule has 0 aliphatic carbocycles. The van der Waals surface area contributed by atoms with Crippen molar-refractivity contribution in [1.82, 2.24) is 4.57 Å². The Kier molecular flexibility index (Phi) is 5.09. The van der Waals surface area contributed by atoms with Gasteiger partial charge in [-0.2, -0.15) is 0 Å². The van der Waals surface area contributed by atoms with Crippen LogP contribution in [0.1, 0.15) is 23.0 Å². The van der Waals surface area contributed by atoms with Crippen molar-refractivity contribution in [3.8, 4) is 0 Å². The molecule has 1 heterocycles. The number of aliphatic hydroxyl groups is 2. The summed E-state index contributed by atoms with van der Waals surface area (Å²) < 4.78 is 1.38. The molecule has 110 valence electrons. The molecule has 0 unspecified atom stereocenters. The molecular formula is C17H19NO3. The van der Waals surface area contributed by atoms with Crippen LogP contribution in [0, 0.1) is 0 Å². The van der Waals surface area contributed by atoms with Crippen LogP contribution in [-0.4, -0.2) is 32.9 Å². The lowest BCUT2D eigenvalue weighted by Gasteiger charge is -2.15. The number of benzene rings is 1. The quantitative estimate of drug-likeness (QED) is 0.884. The van der Waals surface area contributed by atoms with E-state index >= 15 is 0 Å². The van der Waals surface area contributed by atoms with E-state index in [1.165, 1.54) is 10.6 Å². The minimum Gasteiger partial charge on any atom is -0.386 e. The molecule has 0 saturated carbocycles. The Morgan fingerprint density at radius 2 is 1.90 bits per heavy atom. The molecule has 1 aromatic carbocycles. The molecule has 4 nitrogen and oxygen atoms in total. The second kappa shape index (κ2) is 7.02. The highest BCUT2D eigenvalue weighted by Gasteiger charge is 2.24. The van der Waals surface area contributed by atoms with Crippen molar-refractivity contribution in [1.29, 1.82) is 0 Å². The van der Waals surface area contributed by atoms with Crippen molar-refractivity contribution in [3.63, 3.8) is 0 Å². The van der Waals surface area contributed by atoms with E-state index in [2.05, 4.69) is 0 Å². The lowest BCUT2D eigenvalue weighted by atomic mass is 10.1. The van der Waals surface area contributed by atoms with E-state index in [9.17, 15) is 15.0 Å². The monoisotopic (exact) mass is 285 g/mol. The van der Waals surface area contributed by atoms with Gasteiger partial charge in [-0.3, -0.25) is 9.36 Å². The van der Waals surface area contributed by atoms with E-state index in [0.717, 1.165) is 11.3 Å². The lowest BCUT2D eigenvalue weighted by Crippen LogP contribution is -2.36. The van der Waals surface area contributed by atoms with Gasteiger partial charge in [-0.15, -0.1) is 0 Å². The molecule has 1 aromatic heterocycles. The summed E-state index contributed by atoms with van der Waals surface area (Å²) in [5, 5.41) is 19.9. The van der Waals surface area contributed by atoms with Crippen molar-refractivity contribution in [2.75, 3.05) is 0 Å². The first-order valence-electron chi connectivity index (χ1n) is 6.93. The number of rotatable bonds is 5. The van der Waals surface area contributed by atoms with Gasteiger partial charge in [-0.1, -0.05) is 49.4 Å². The highest BCUT2D eigenvalue weighted by molar-refractivity contribution is 5.85. The van der Waals surface area contributed by atoms with E-state index in [1.54, 1.807) is 18.3 Å². The number of hydrogen-bond donors (Lipinski definition) is 2. The molecule has 2 rings (SSSR count). The van der Waals surface area contributed by atoms with E-state index in [-0.39, 0.29) is 0 Å². The summed E-state index contributed by atoms with van der Waals surface area (Å²) in [6.45, 7) is 1.93. The summed E-state index contributed by atoms with van der Waals surface area (Å²) in [6.07, 6.45) is 2.65. The second-order valence-electron chi connectivity index (χ2n) is 4.77. The number of aliphatic hydroxyl groups excluding tert-OH is 2. The number of carbonyl (C=O) groups is 1. The van der Waals surface area contributed by atoms with Crippen LogP contribution in [0.15, 0.2) is 54.7 Å². The summed E-state index contributed by atoms with van der Waals surface area (Å²) in [7, 11) is 0. The molecular weight excluding hydrogens is 266 g/mol. The standard InChI is InChI=1S/C17H19NO3/c1-2-14-9-6-12-18(14)17(21)16(20)15(19)11-10-13-7-4-3-5-8-13/h3-12,15-16,19-20H,2H2,1H3/b11-10+/t15-,16+/m1/s1. The van der Waals surface area contributed by atoms with Gasteiger partial charge in [-0.25, -0.2) is 0 Å². The maximum Gasteiger partial charge on any atom is 0.262 e. The molecule has 4 heteroatoms. The Balaban J connectivity index is 2.07. The molecule has 2 N–H and O–H groups in total. The zero-order valence-corrected chi connectivity index (χ0v) is 11.9. The Hall–Kier alpha value is -2.17. The van der Waals surface area contributed by atoms with Gasteiger partial charge in [0.1, 0.15) is 6.10 Å². The zero-order valence-electron chi connectivity index (χ0n) is 11.9. The van der Waals surface area contributed by atoms with Crippen molar-refractivity contribution in [2.24, 2.45) is 0 Å². The molecule has 2 aromatic rings. The molecule has 0 amide bonds. The van der Waals surface area contributed by atoms with Gasteiger partial charge >= 0.3 is 0 Å². The predicted octanol–water partition coefficient (Wildman–Crippen LogP) is 2.13. The van der Waals surface area contributed by atoms with E-state index in [0.29, 0.717) is 6.42 Å². The number of aryl methyl sites for hydroxylation is 1. The SMILES string of the molecule is CCc1cccn1C(=O)[C@@H](O)[C@H](O)/C=C/c1ccccc1. The van der Waals surface area contributed by atoms with E-state index in [4.69, 9.17) is 0 Å². The first-order valence-corrected chi connectivity index (χ1v) is 6.93. The van der Waals surface area contributed by atoms with Gasteiger partial charge in [-0.05, 0) is 24.1 Å². The summed E-state index contributed by atoms with van der Waals surface area (Å²) in [5.41, 5.74) is 1.70. The normalized spacial score (nSPS) is 14.2. The van der Waals surface area contributed by atoms with Crippen LogP contribution >= 0.6 is 0 Å². The van der Waals surface area contributed by atoms with Crippen LogP contribution in [0.3, 0.4) is 0 Å². The van der Waals surface area contributed by atoms with Gasteiger partial charge in [0, 0.05) is 11.9 Å². The minimum atomic E-state index is -1.48. The van der Waals surface area contributed by atoms with Crippen LogP contribution in [0.5, 0.6) is 0 Å². The lowest BCUT2D eigenvalue weighted by molar-refractivity contribution is 0.0312. The van der Waals surface area contributed by atoms with Gasteiger partial charge in [0.2, 0.25) is 0 Å². The van der Waals surface area contributed by atoms with Gasteiger partial charge < -0.3 is 10.2 Å². The van der Waals surface area contributed by atoms with Crippen molar-refractivity contribution in [3.05, 3.63) is 66.0 Å². The Morgan fingerprint density at radius 1 is 1.19 bits per heavy atom. The van der Waals surface area contributed by atoms with Crippen molar-refractivity contribution in [2.45, 2.75) is 25.6 Å². The fourth-order valence-electron chi connectivity index (χ4n) is 2.09. The highest BCUT2D eigenvalue weighted by atomic mass is 16.3. The fraction of sp³-hybridized carbons (Fsp3) is 0.235. The zero-order chi connectivity index (χ0) is 15.2. The second-order valence-corrected chi connectivity index (χ2v) is 4.77. The maximum absolute atomic E-state index is 12.2. The van der Waals surface area contributed by atoms with Crippen LogP contribution in [0.2, 0.25) is 0 Å². The number of aromatic nitrogens is 1. The topological polar surface area (TPSA) is 62.5 Å². The maximum atomic E-state index is 12.2. The Bertz CT molecular complexity index is 616. The summed E-state index contributed by atoms with van der Waals surface area (Å²) in [6, 6.07) is 13.0. The van der Waals surface area contributed by atoms with Crippen LogP contribution in [-0.2, 0) is 6.42 Å². The van der Waals surface area contributed by atoms with E-state index in [1.807, 2.05) is 43.3 Å². The molecule has 0 saturated heterocycles. The molecule has 2 atom stereocenters. The summed E-state index contributed by atoms with van der Waals surface area (Å²) in [5.74, 6) is -0.526. The van der Waals surface area contributed by atoms with Gasteiger partial charge in [0.15, 0.2) is 6.10 Å². The van der Waals surface area contributed by atoms with Gasteiger partial charge in [0.25, 0.3) is 5.91 Å². The molecule has 0 bridgehead atoms. The van der Waals surface area contributed by atoms with Crippen molar-refractivity contribution >= 4 is 12.0 Å². The number of nitrogens with zero attached hydrogens (tertiary/aromatic N) is 1. The average molecular weight is 285 g/mol. The molecule has 0 spiro atoms. The number of hydrogen-bond acceptors (Lipinski definition) is 3. The molecule has 0 radical (unpaired) electrons. The predicted molar refractivity (Wildman–Crippen MR) is 81.9 cm³/mol. The first kappa shape index (κ1) is 15.2. The van der Waals surface area contributed by atoms with E-state index < -0.39 is 18.1 Å². The third-order valence-electron chi connectivity index (χ3n) is 3.29. The van der Waals surface area contributed by atoms with Crippen LogP contribution < -0.4 is 0 Å².